The van der Waals surface area contributed by atoms with Gasteiger partial charge in [0.05, 0.1) is 5.75 Å². The Morgan fingerprint density at radius 1 is 1.32 bits per heavy atom. The largest absolute Gasteiger partial charge is 0.341 e. The minimum absolute atomic E-state index is 0.201. The number of hydrogen-bond donors (Lipinski definition) is 1. The highest BCUT2D eigenvalue weighted by Gasteiger charge is 2.25. The Labute approximate surface area is 157 Å². The van der Waals surface area contributed by atoms with Gasteiger partial charge in [0.15, 0.2) is 4.34 Å². The molecule has 0 saturated carbocycles. The number of rotatable bonds is 5. The number of likely N-dealkylation sites (tertiary alicyclic amines) is 1. The first-order valence-corrected chi connectivity index (χ1v) is 10.4. The lowest BCUT2D eigenvalue weighted by Gasteiger charge is -2.34. The number of carbonyl (C=O) groups is 1. The first-order valence-electron chi connectivity index (χ1n) is 8.57. The van der Waals surface area contributed by atoms with Gasteiger partial charge in [-0.1, -0.05) is 49.1 Å². The molecule has 1 fully saturated rings. The van der Waals surface area contributed by atoms with Crippen molar-refractivity contribution in [1.29, 1.82) is 0 Å². The lowest BCUT2D eigenvalue weighted by Crippen LogP contribution is -2.43. The van der Waals surface area contributed by atoms with E-state index in [0.29, 0.717) is 17.6 Å². The smallest absolute Gasteiger partial charge is 0.233 e. The SMILES string of the molecule is Cc1cccc(Nc2nnc(SCC(=O)N3C[C@H](C)C[C@@H](C)C3)s2)c1. The van der Waals surface area contributed by atoms with Gasteiger partial charge < -0.3 is 10.2 Å². The topological polar surface area (TPSA) is 58.1 Å². The highest BCUT2D eigenvalue weighted by molar-refractivity contribution is 8.01. The number of thioether (sulfide) groups is 1. The summed E-state index contributed by atoms with van der Waals surface area (Å²) in [5.41, 5.74) is 2.19. The second-order valence-electron chi connectivity index (χ2n) is 6.90. The van der Waals surface area contributed by atoms with E-state index in [-0.39, 0.29) is 5.91 Å². The Morgan fingerprint density at radius 3 is 2.80 bits per heavy atom. The fourth-order valence-electron chi connectivity index (χ4n) is 3.25. The molecule has 1 N–H and O–H groups in total. The second kappa shape index (κ2) is 8.19. The van der Waals surface area contributed by atoms with E-state index in [9.17, 15) is 4.79 Å². The van der Waals surface area contributed by atoms with Crippen LogP contribution in [0, 0.1) is 18.8 Å². The lowest BCUT2D eigenvalue weighted by molar-refractivity contribution is -0.130. The van der Waals surface area contributed by atoms with Crippen molar-refractivity contribution in [2.24, 2.45) is 11.8 Å². The molecule has 1 aromatic carbocycles. The van der Waals surface area contributed by atoms with Crippen molar-refractivity contribution in [3.8, 4) is 0 Å². The Hall–Kier alpha value is -1.60. The van der Waals surface area contributed by atoms with Crippen LogP contribution in [0.25, 0.3) is 0 Å². The minimum Gasteiger partial charge on any atom is -0.341 e. The zero-order chi connectivity index (χ0) is 17.8. The van der Waals surface area contributed by atoms with E-state index < -0.39 is 0 Å². The summed E-state index contributed by atoms with van der Waals surface area (Å²) in [5.74, 6) is 1.80. The predicted molar refractivity (Wildman–Crippen MR) is 105 cm³/mol. The van der Waals surface area contributed by atoms with Crippen LogP contribution in [-0.4, -0.2) is 39.8 Å². The number of nitrogens with zero attached hydrogens (tertiary/aromatic N) is 3. The monoisotopic (exact) mass is 376 g/mol. The molecular formula is C18H24N4OS2. The first-order chi connectivity index (χ1) is 12.0. The van der Waals surface area contributed by atoms with Crippen LogP contribution >= 0.6 is 23.1 Å². The molecule has 2 atom stereocenters. The third kappa shape index (κ3) is 5.19. The van der Waals surface area contributed by atoms with E-state index in [0.717, 1.165) is 28.2 Å². The van der Waals surface area contributed by atoms with Gasteiger partial charge in [0.2, 0.25) is 11.0 Å². The Kier molecular flexibility index (Phi) is 5.96. The molecule has 0 aliphatic carbocycles. The van der Waals surface area contributed by atoms with E-state index in [1.165, 1.54) is 35.1 Å². The number of carbonyl (C=O) groups excluding carboxylic acids is 1. The number of anilines is 2. The van der Waals surface area contributed by atoms with Crippen LogP contribution in [-0.2, 0) is 4.79 Å². The minimum atomic E-state index is 0.201. The lowest BCUT2D eigenvalue weighted by atomic mass is 9.92. The van der Waals surface area contributed by atoms with Crippen LogP contribution in [0.5, 0.6) is 0 Å². The van der Waals surface area contributed by atoms with Gasteiger partial charge in [-0.3, -0.25) is 4.79 Å². The van der Waals surface area contributed by atoms with Crippen LogP contribution in [0.1, 0.15) is 25.8 Å². The van der Waals surface area contributed by atoms with Crippen LogP contribution in [0.2, 0.25) is 0 Å². The third-order valence-electron chi connectivity index (χ3n) is 4.22. The van der Waals surface area contributed by atoms with Gasteiger partial charge >= 0.3 is 0 Å². The molecule has 3 rings (SSSR count). The van der Waals surface area contributed by atoms with Crippen molar-refractivity contribution < 1.29 is 4.79 Å². The summed E-state index contributed by atoms with van der Waals surface area (Å²) in [6, 6.07) is 8.13. The van der Waals surface area contributed by atoms with Crippen molar-refractivity contribution in [3.63, 3.8) is 0 Å². The van der Waals surface area contributed by atoms with Crippen molar-refractivity contribution >= 4 is 39.8 Å². The molecule has 1 aromatic heterocycles. The molecule has 2 aromatic rings. The second-order valence-corrected chi connectivity index (χ2v) is 9.10. The number of benzene rings is 1. The highest BCUT2D eigenvalue weighted by atomic mass is 32.2. The quantitative estimate of drug-likeness (QED) is 0.793. The number of aryl methyl sites for hydroxylation is 1. The van der Waals surface area contributed by atoms with E-state index >= 15 is 0 Å². The van der Waals surface area contributed by atoms with Gasteiger partial charge in [-0.15, -0.1) is 10.2 Å². The molecule has 2 heterocycles. The molecule has 0 bridgehead atoms. The highest BCUT2D eigenvalue weighted by Crippen LogP contribution is 2.29. The van der Waals surface area contributed by atoms with Crippen molar-refractivity contribution in [2.75, 3.05) is 24.2 Å². The summed E-state index contributed by atoms with van der Waals surface area (Å²) in [5, 5.41) is 12.4. The summed E-state index contributed by atoms with van der Waals surface area (Å²) in [6.45, 7) is 8.24. The van der Waals surface area contributed by atoms with Crippen molar-refractivity contribution in [3.05, 3.63) is 29.8 Å². The number of amides is 1. The fourth-order valence-corrected chi connectivity index (χ4v) is 4.92. The molecule has 1 saturated heterocycles. The van der Waals surface area contributed by atoms with E-state index in [1.54, 1.807) is 0 Å². The molecule has 0 unspecified atom stereocenters. The standard InChI is InChI=1S/C18H24N4OS2/c1-12-5-4-6-15(8-12)19-17-20-21-18(25-17)24-11-16(23)22-9-13(2)7-14(3)10-22/h4-6,8,13-14H,7,9-11H2,1-3H3,(H,19,20)/t13-,14-/m1/s1. The average molecular weight is 377 g/mol. The van der Waals surface area contributed by atoms with Gasteiger partial charge in [0.25, 0.3) is 0 Å². The Bertz CT molecular complexity index is 723. The molecule has 5 nitrogen and oxygen atoms in total. The molecule has 1 aliphatic heterocycles. The number of piperidine rings is 1. The fraction of sp³-hybridized carbons (Fsp3) is 0.500. The van der Waals surface area contributed by atoms with Crippen molar-refractivity contribution in [1.82, 2.24) is 15.1 Å². The zero-order valence-corrected chi connectivity index (χ0v) is 16.5. The van der Waals surface area contributed by atoms with Crippen LogP contribution in [0.15, 0.2) is 28.6 Å². The number of nitrogens with one attached hydrogen (secondary N) is 1. The van der Waals surface area contributed by atoms with E-state index in [4.69, 9.17) is 0 Å². The summed E-state index contributed by atoms with van der Waals surface area (Å²) in [7, 11) is 0. The summed E-state index contributed by atoms with van der Waals surface area (Å²) < 4.78 is 0.821. The van der Waals surface area contributed by atoms with Gasteiger partial charge in [-0.05, 0) is 42.9 Å². The van der Waals surface area contributed by atoms with Gasteiger partial charge in [-0.2, -0.15) is 0 Å². The summed E-state index contributed by atoms with van der Waals surface area (Å²) >= 11 is 2.96. The van der Waals surface area contributed by atoms with E-state index in [2.05, 4.69) is 48.4 Å². The molecular weight excluding hydrogens is 352 g/mol. The number of aromatic nitrogens is 2. The van der Waals surface area contributed by atoms with Crippen molar-refractivity contribution in [2.45, 2.75) is 31.5 Å². The van der Waals surface area contributed by atoms with Crippen LogP contribution in [0.3, 0.4) is 0 Å². The molecule has 1 aliphatic rings. The molecule has 0 spiro atoms. The molecule has 134 valence electrons. The normalized spacial score (nSPS) is 20.5. The third-order valence-corrected chi connectivity index (χ3v) is 6.17. The average Bonchev–Trinajstić information content (AvgIpc) is 2.99. The zero-order valence-electron chi connectivity index (χ0n) is 14.9. The van der Waals surface area contributed by atoms with Gasteiger partial charge in [0.1, 0.15) is 0 Å². The molecule has 25 heavy (non-hydrogen) atoms. The van der Waals surface area contributed by atoms with Gasteiger partial charge in [-0.25, -0.2) is 0 Å². The van der Waals surface area contributed by atoms with Crippen LogP contribution in [0.4, 0.5) is 10.8 Å². The summed E-state index contributed by atoms with van der Waals surface area (Å²) in [6.07, 6.45) is 1.21. The Balaban J connectivity index is 1.52. The van der Waals surface area contributed by atoms with Crippen LogP contribution < -0.4 is 5.32 Å². The molecule has 0 radical (unpaired) electrons. The van der Waals surface area contributed by atoms with E-state index in [1.807, 2.05) is 17.0 Å². The maximum Gasteiger partial charge on any atom is 0.233 e. The predicted octanol–water partition coefficient (Wildman–Crippen LogP) is 4.19. The summed E-state index contributed by atoms with van der Waals surface area (Å²) in [4.78, 5) is 14.4. The molecule has 1 amide bonds. The maximum absolute atomic E-state index is 12.4. The molecule has 7 heteroatoms. The van der Waals surface area contributed by atoms with Gasteiger partial charge in [0, 0.05) is 18.8 Å². The maximum atomic E-state index is 12.4. The Morgan fingerprint density at radius 2 is 2.08 bits per heavy atom. The first kappa shape index (κ1) is 18.2. The number of hydrogen-bond acceptors (Lipinski definition) is 6.